The number of nitrogens with zero attached hydrogens (tertiary/aromatic N) is 3. The summed E-state index contributed by atoms with van der Waals surface area (Å²) in [6.07, 6.45) is -11.1. The number of carbonyl (C=O) groups excluding carboxylic acids is 2. The Balaban J connectivity index is 1.99. The van der Waals surface area contributed by atoms with Crippen molar-refractivity contribution in [3.05, 3.63) is 64.5 Å². The van der Waals surface area contributed by atoms with Gasteiger partial charge in [0.1, 0.15) is 23.1 Å². The molecule has 0 saturated carbocycles. The van der Waals surface area contributed by atoms with E-state index in [2.05, 4.69) is 0 Å². The van der Waals surface area contributed by atoms with Crippen LogP contribution in [0.25, 0.3) is 0 Å². The highest BCUT2D eigenvalue weighted by atomic mass is 19.4. The van der Waals surface area contributed by atoms with E-state index in [1.54, 1.807) is 20.8 Å². The minimum atomic E-state index is -5.12. The molecule has 0 radical (unpaired) electrons. The van der Waals surface area contributed by atoms with Gasteiger partial charge in [0.25, 0.3) is 0 Å². The number of hydrogen-bond acceptors (Lipinski definition) is 4. The molecule has 0 N–H and O–H groups in total. The summed E-state index contributed by atoms with van der Waals surface area (Å²) in [6.45, 7) is 2.94. The zero-order chi connectivity index (χ0) is 31.1. The summed E-state index contributed by atoms with van der Waals surface area (Å²) >= 11 is 0. The number of anilines is 1. The zero-order valence-corrected chi connectivity index (χ0v) is 22.3. The van der Waals surface area contributed by atoms with Crippen molar-refractivity contribution >= 4 is 17.7 Å². The molecule has 0 aromatic heterocycles. The van der Waals surface area contributed by atoms with Gasteiger partial charge in [0.2, 0.25) is 5.91 Å². The third-order valence-corrected chi connectivity index (χ3v) is 6.03. The van der Waals surface area contributed by atoms with Gasteiger partial charge < -0.3 is 19.4 Å². The molecule has 6 nitrogen and oxygen atoms in total. The lowest BCUT2D eigenvalue weighted by Gasteiger charge is -2.43. The van der Waals surface area contributed by atoms with Gasteiger partial charge in [-0.2, -0.15) is 26.3 Å². The summed E-state index contributed by atoms with van der Waals surface area (Å²) in [4.78, 5) is 29.0. The smallest absolute Gasteiger partial charge is 0.416 e. The van der Waals surface area contributed by atoms with Gasteiger partial charge in [0, 0.05) is 38.8 Å². The number of ether oxygens (including phenoxy) is 1. The van der Waals surface area contributed by atoms with Gasteiger partial charge in [-0.25, -0.2) is 18.0 Å². The fraction of sp³-hybridized carbons (Fsp3) is 0.462. The lowest BCUT2D eigenvalue weighted by molar-refractivity contribution is -0.143. The number of likely N-dealkylation sites (N-methyl/N-ethyl adjacent to an activating group) is 1. The maximum Gasteiger partial charge on any atom is 0.416 e. The first-order valence-corrected chi connectivity index (χ1v) is 12.1. The van der Waals surface area contributed by atoms with E-state index in [1.807, 2.05) is 0 Å². The number of piperazine rings is 1. The van der Waals surface area contributed by atoms with Crippen LogP contribution in [0.15, 0.2) is 30.3 Å². The third-order valence-electron chi connectivity index (χ3n) is 6.03. The number of carbonyl (C=O) groups is 2. The Bertz CT molecular complexity index is 1250. The Morgan fingerprint density at radius 1 is 0.878 bits per heavy atom. The van der Waals surface area contributed by atoms with Crippen molar-refractivity contribution in [3.8, 4) is 0 Å². The molecule has 2 aromatic rings. The van der Waals surface area contributed by atoms with E-state index in [0.29, 0.717) is 24.3 Å². The van der Waals surface area contributed by atoms with Crippen LogP contribution in [0.2, 0.25) is 0 Å². The molecule has 1 atom stereocenters. The normalized spacial score (nSPS) is 16.6. The molecule has 2 amide bonds. The monoisotopic (exact) mass is 599 g/mol. The molecule has 226 valence electrons. The Morgan fingerprint density at radius 3 is 1.85 bits per heavy atom. The third kappa shape index (κ3) is 7.76. The van der Waals surface area contributed by atoms with E-state index >= 15 is 0 Å². The van der Waals surface area contributed by atoms with Gasteiger partial charge in [-0.3, -0.25) is 4.79 Å². The van der Waals surface area contributed by atoms with Gasteiger partial charge >= 0.3 is 18.4 Å². The van der Waals surface area contributed by atoms with Gasteiger partial charge in [0.15, 0.2) is 11.6 Å². The molecule has 2 aromatic carbocycles. The molecule has 0 spiro atoms. The summed E-state index contributed by atoms with van der Waals surface area (Å²) in [7, 11) is 1.07. The number of halogens is 9. The van der Waals surface area contributed by atoms with Crippen LogP contribution in [-0.2, 0) is 28.4 Å². The van der Waals surface area contributed by atoms with Crippen LogP contribution in [0, 0.1) is 17.5 Å². The largest absolute Gasteiger partial charge is 0.444 e. The minimum absolute atomic E-state index is 0.0625. The second-order valence-electron chi connectivity index (χ2n) is 10.5. The highest BCUT2D eigenvalue weighted by molar-refractivity contribution is 5.87. The first-order valence-electron chi connectivity index (χ1n) is 12.1. The van der Waals surface area contributed by atoms with Crippen LogP contribution < -0.4 is 4.90 Å². The minimum Gasteiger partial charge on any atom is -0.444 e. The summed E-state index contributed by atoms with van der Waals surface area (Å²) < 4.78 is 128. The summed E-state index contributed by atoms with van der Waals surface area (Å²) in [6, 6.07) is 0.0285. The lowest BCUT2D eigenvalue weighted by atomic mass is 10.0. The molecular weight excluding hydrogens is 573 g/mol. The van der Waals surface area contributed by atoms with Crippen LogP contribution in [0.4, 0.5) is 50.0 Å². The molecule has 1 fully saturated rings. The molecule has 1 aliphatic heterocycles. The first-order chi connectivity index (χ1) is 18.7. The van der Waals surface area contributed by atoms with Crippen LogP contribution >= 0.6 is 0 Å². The van der Waals surface area contributed by atoms with Crippen molar-refractivity contribution in [3.63, 3.8) is 0 Å². The summed E-state index contributed by atoms with van der Waals surface area (Å²) in [5.74, 6) is -4.95. The number of alkyl halides is 6. The Hall–Kier alpha value is -3.65. The number of rotatable bonds is 4. The standard InChI is InChI=1S/C26H26F9N3O3/c1-24(2,3)41-23(40)37-5-6-38(21-18(28)10-17(27)11-19(21)29)20(13-37)22(39)36(4)12-14-7-15(25(30,31)32)9-16(8-14)26(33,34)35/h7-11,20H,5-6,12-13H2,1-4H3. The average molecular weight is 599 g/mol. The predicted octanol–water partition coefficient (Wildman–Crippen LogP) is 6.23. The van der Waals surface area contributed by atoms with Crippen LogP contribution in [0.1, 0.15) is 37.5 Å². The average Bonchev–Trinajstić information content (AvgIpc) is 2.80. The van der Waals surface area contributed by atoms with Gasteiger partial charge in [0.05, 0.1) is 17.7 Å². The second-order valence-corrected chi connectivity index (χ2v) is 10.5. The van der Waals surface area contributed by atoms with Crippen molar-refractivity contribution < 1.29 is 53.8 Å². The molecule has 0 bridgehead atoms. The highest BCUT2D eigenvalue weighted by Crippen LogP contribution is 2.37. The van der Waals surface area contributed by atoms with Crippen molar-refractivity contribution in [2.24, 2.45) is 0 Å². The van der Waals surface area contributed by atoms with Crippen molar-refractivity contribution in [1.82, 2.24) is 9.80 Å². The van der Waals surface area contributed by atoms with Gasteiger partial charge in [-0.1, -0.05) is 0 Å². The second kappa shape index (κ2) is 11.3. The van der Waals surface area contributed by atoms with Gasteiger partial charge in [-0.15, -0.1) is 0 Å². The molecule has 1 aliphatic rings. The predicted molar refractivity (Wildman–Crippen MR) is 128 cm³/mol. The SMILES string of the molecule is CN(Cc1cc(C(F)(F)F)cc(C(F)(F)F)c1)C(=O)C1CN(C(=O)OC(C)(C)C)CCN1c1c(F)cc(F)cc1F. The fourth-order valence-electron chi connectivity index (χ4n) is 4.28. The molecule has 3 rings (SSSR count). The maximum atomic E-state index is 14.7. The zero-order valence-electron chi connectivity index (χ0n) is 22.3. The molecular formula is C26H26F9N3O3. The van der Waals surface area contributed by atoms with Crippen LogP contribution in [0.5, 0.6) is 0 Å². The summed E-state index contributed by atoms with van der Waals surface area (Å²) in [5, 5.41) is 0. The quantitative estimate of drug-likeness (QED) is 0.392. The van der Waals surface area contributed by atoms with Crippen LogP contribution in [0.3, 0.4) is 0 Å². The molecule has 1 heterocycles. The van der Waals surface area contributed by atoms with E-state index in [1.165, 1.54) is 0 Å². The topological polar surface area (TPSA) is 53.1 Å². The van der Waals surface area contributed by atoms with E-state index < -0.39 is 88.9 Å². The van der Waals surface area contributed by atoms with E-state index in [4.69, 9.17) is 4.74 Å². The van der Waals surface area contributed by atoms with E-state index in [0.717, 1.165) is 21.7 Å². The van der Waals surface area contributed by atoms with E-state index in [-0.39, 0.29) is 19.2 Å². The maximum absolute atomic E-state index is 14.7. The van der Waals surface area contributed by atoms with Crippen molar-refractivity contribution in [2.75, 3.05) is 31.6 Å². The number of amides is 2. The van der Waals surface area contributed by atoms with Crippen LogP contribution in [-0.4, -0.2) is 60.1 Å². The fourth-order valence-corrected chi connectivity index (χ4v) is 4.28. The molecule has 1 saturated heterocycles. The Kier molecular flexibility index (Phi) is 8.80. The Labute approximate surface area is 229 Å². The molecule has 15 heteroatoms. The van der Waals surface area contributed by atoms with Crippen molar-refractivity contribution in [1.29, 1.82) is 0 Å². The molecule has 1 unspecified atom stereocenters. The lowest BCUT2D eigenvalue weighted by Crippen LogP contribution is -2.61. The van der Waals surface area contributed by atoms with Crippen molar-refractivity contribution in [2.45, 2.75) is 51.3 Å². The highest BCUT2D eigenvalue weighted by Gasteiger charge is 2.40. The van der Waals surface area contributed by atoms with E-state index in [9.17, 15) is 49.1 Å². The first kappa shape index (κ1) is 31.9. The summed E-state index contributed by atoms with van der Waals surface area (Å²) in [5.41, 5.74) is -5.43. The molecule has 41 heavy (non-hydrogen) atoms. The number of benzene rings is 2. The number of hydrogen-bond donors (Lipinski definition) is 0. The van der Waals surface area contributed by atoms with Gasteiger partial charge in [-0.05, 0) is 44.5 Å². The molecule has 0 aliphatic carbocycles. The Morgan fingerprint density at radius 2 is 1.39 bits per heavy atom.